The van der Waals surface area contributed by atoms with Gasteiger partial charge in [0.15, 0.2) is 5.65 Å². The summed E-state index contributed by atoms with van der Waals surface area (Å²) in [5.41, 5.74) is 2.49. The van der Waals surface area contributed by atoms with E-state index < -0.39 is 18.4 Å². The van der Waals surface area contributed by atoms with Gasteiger partial charge in [-0.3, -0.25) is 14.0 Å². The van der Waals surface area contributed by atoms with Crippen LogP contribution >= 0.6 is 15.9 Å². The van der Waals surface area contributed by atoms with Crippen molar-refractivity contribution in [1.82, 2.24) is 14.7 Å². The molecule has 0 atom stereocenters. The van der Waals surface area contributed by atoms with Crippen LogP contribution in [0.4, 0.5) is 0 Å². The van der Waals surface area contributed by atoms with Crippen molar-refractivity contribution in [2.75, 3.05) is 6.54 Å². The Morgan fingerprint density at radius 2 is 2.16 bits per heavy atom. The lowest BCUT2D eigenvalue weighted by atomic mass is 10.3. The van der Waals surface area contributed by atoms with Gasteiger partial charge in [-0.2, -0.15) is 0 Å². The van der Waals surface area contributed by atoms with Gasteiger partial charge in [-0.05, 0) is 41.4 Å². The van der Waals surface area contributed by atoms with E-state index in [1.165, 1.54) is 0 Å². The second kappa shape index (κ2) is 5.00. The SMILES string of the molecule is Cc1cc(Br)c2nc(C)c(C(=O)NCC(=O)O)n2c1. The molecule has 0 spiro atoms. The van der Waals surface area contributed by atoms with Gasteiger partial charge in [-0.15, -0.1) is 0 Å². The molecule has 2 N–H and O–H groups in total. The Bertz CT molecular complexity index is 678. The number of hydrogen-bond donors (Lipinski definition) is 2. The summed E-state index contributed by atoms with van der Waals surface area (Å²) < 4.78 is 2.44. The first-order chi connectivity index (χ1) is 8.90. The topological polar surface area (TPSA) is 83.7 Å². The van der Waals surface area contributed by atoms with Crippen LogP contribution in [0.2, 0.25) is 0 Å². The molecule has 2 heterocycles. The van der Waals surface area contributed by atoms with Gasteiger partial charge in [0.1, 0.15) is 12.2 Å². The molecule has 1 amide bonds. The summed E-state index contributed by atoms with van der Waals surface area (Å²) in [6, 6.07) is 1.90. The van der Waals surface area contributed by atoms with E-state index >= 15 is 0 Å². The number of halogens is 1. The highest BCUT2D eigenvalue weighted by Gasteiger charge is 2.18. The molecular formula is C12H12BrN3O3. The number of amides is 1. The van der Waals surface area contributed by atoms with E-state index in [1.807, 2.05) is 13.0 Å². The van der Waals surface area contributed by atoms with Crippen molar-refractivity contribution in [2.45, 2.75) is 13.8 Å². The molecule has 19 heavy (non-hydrogen) atoms. The first-order valence-electron chi connectivity index (χ1n) is 5.55. The fourth-order valence-electron chi connectivity index (χ4n) is 1.86. The number of aryl methyl sites for hydroxylation is 2. The number of carboxylic acids is 1. The Balaban J connectivity index is 2.51. The summed E-state index contributed by atoms with van der Waals surface area (Å²) in [6.45, 7) is 3.20. The number of nitrogens with zero attached hydrogens (tertiary/aromatic N) is 2. The van der Waals surface area contributed by atoms with Gasteiger partial charge in [-0.25, -0.2) is 4.98 Å². The lowest BCUT2D eigenvalue weighted by Gasteiger charge is -2.05. The van der Waals surface area contributed by atoms with E-state index in [0.29, 0.717) is 17.0 Å². The quantitative estimate of drug-likeness (QED) is 0.896. The van der Waals surface area contributed by atoms with Gasteiger partial charge < -0.3 is 10.4 Å². The smallest absolute Gasteiger partial charge is 0.322 e. The largest absolute Gasteiger partial charge is 0.480 e. The molecule has 0 aromatic carbocycles. The van der Waals surface area contributed by atoms with Gasteiger partial charge >= 0.3 is 5.97 Å². The van der Waals surface area contributed by atoms with Crippen molar-refractivity contribution in [3.05, 3.63) is 33.7 Å². The zero-order chi connectivity index (χ0) is 14.2. The molecule has 0 radical (unpaired) electrons. The standard InChI is InChI=1S/C12H12BrN3O3/c1-6-3-8(13)11-15-7(2)10(16(11)5-6)12(19)14-4-9(17)18/h3,5H,4H2,1-2H3,(H,14,19)(H,17,18). The minimum Gasteiger partial charge on any atom is -0.480 e. The molecule has 100 valence electrons. The van der Waals surface area contributed by atoms with Gasteiger partial charge in [0.05, 0.1) is 10.2 Å². The number of aromatic nitrogens is 2. The molecular weight excluding hydrogens is 314 g/mol. The van der Waals surface area contributed by atoms with Crippen LogP contribution in [0.15, 0.2) is 16.7 Å². The minimum absolute atomic E-state index is 0.348. The Morgan fingerprint density at radius 1 is 1.47 bits per heavy atom. The predicted octanol–water partition coefficient (Wildman–Crippen LogP) is 1.53. The second-order valence-corrected chi connectivity index (χ2v) is 5.04. The lowest BCUT2D eigenvalue weighted by molar-refractivity contribution is -0.135. The number of carbonyl (C=O) groups is 2. The van der Waals surface area contributed by atoms with Gasteiger partial charge in [0.25, 0.3) is 5.91 Å². The van der Waals surface area contributed by atoms with Crippen molar-refractivity contribution in [1.29, 1.82) is 0 Å². The third-order valence-electron chi connectivity index (χ3n) is 2.60. The van der Waals surface area contributed by atoms with Crippen LogP contribution < -0.4 is 5.32 Å². The number of carbonyl (C=O) groups excluding carboxylic acids is 1. The summed E-state index contributed by atoms with van der Waals surface area (Å²) in [4.78, 5) is 26.8. The molecule has 0 unspecified atom stereocenters. The van der Waals surface area contributed by atoms with E-state index in [2.05, 4.69) is 26.2 Å². The zero-order valence-electron chi connectivity index (χ0n) is 10.4. The molecule has 0 aliphatic heterocycles. The molecule has 0 aliphatic carbocycles. The molecule has 0 saturated carbocycles. The fraction of sp³-hybridized carbons (Fsp3) is 0.250. The molecule has 6 nitrogen and oxygen atoms in total. The Labute approximate surface area is 117 Å². The van der Waals surface area contributed by atoms with Crippen molar-refractivity contribution in [3.8, 4) is 0 Å². The van der Waals surface area contributed by atoms with E-state index in [4.69, 9.17) is 5.11 Å². The van der Waals surface area contributed by atoms with Crippen LogP contribution in [0.5, 0.6) is 0 Å². The lowest BCUT2D eigenvalue weighted by Crippen LogP contribution is -2.30. The van der Waals surface area contributed by atoms with Crippen LogP contribution in [-0.4, -0.2) is 32.9 Å². The van der Waals surface area contributed by atoms with Crippen molar-refractivity contribution in [3.63, 3.8) is 0 Å². The summed E-state index contributed by atoms with van der Waals surface area (Å²) >= 11 is 3.40. The first kappa shape index (κ1) is 13.5. The van der Waals surface area contributed by atoms with Crippen molar-refractivity contribution < 1.29 is 14.7 Å². The Hall–Kier alpha value is -1.89. The maximum Gasteiger partial charge on any atom is 0.322 e. The molecule has 0 aliphatic rings. The third-order valence-corrected chi connectivity index (χ3v) is 3.18. The Morgan fingerprint density at radius 3 is 2.79 bits per heavy atom. The zero-order valence-corrected chi connectivity index (χ0v) is 12.0. The average molecular weight is 326 g/mol. The van der Waals surface area contributed by atoms with Gasteiger partial charge in [-0.1, -0.05) is 0 Å². The molecule has 0 saturated heterocycles. The third kappa shape index (κ3) is 2.60. The van der Waals surface area contributed by atoms with Crippen molar-refractivity contribution >= 4 is 33.5 Å². The minimum atomic E-state index is -1.09. The summed E-state index contributed by atoms with van der Waals surface area (Å²) in [6.07, 6.45) is 1.79. The normalized spacial score (nSPS) is 10.7. The number of nitrogens with one attached hydrogen (secondary N) is 1. The van der Waals surface area contributed by atoms with Crippen LogP contribution in [-0.2, 0) is 4.79 Å². The fourth-order valence-corrected chi connectivity index (χ4v) is 2.50. The van der Waals surface area contributed by atoms with Crippen molar-refractivity contribution in [2.24, 2.45) is 0 Å². The van der Waals surface area contributed by atoms with Crippen LogP contribution in [0.25, 0.3) is 5.65 Å². The van der Waals surface area contributed by atoms with E-state index in [0.717, 1.165) is 10.0 Å². The number of rotatable bonds is 3. The number of fused-ring (bicyclic) bond motifs is 1. The van der Waals surface area contributed by atoms with Crippen LogP contribution in [0.1, 0.15) is 21.7 Å². The molecule has 0 fully saturated rings. The first-order valence-corrected chi connectivity index (χ1v) is 6.34. The number of hydrogen-bond acceptors (Lipinski definition) is 3. The average Bonchev–Trinajstić information content (AvgIpc) is 2.63. The molecule has 2 aromatic rings. The van der Waals surface area contributed by atoms with E-state index in [9.17, 15) is 9.59 Å². The van der Waals surface area contributed by atoms with Gasteiger partial charge in [0.2, 0.25) is 0 Å². The molecule has 7 heteroatoms. The highest BCUT2D eigenvalue weighted by molar-refractivity contribution is 9.10. The predicted molar refractivity (Wildman–Crippen MR) is 72.3 cm³/mol. The summed E-state index contributed by atoms with van der Waals surface area (Å²) in [5, 5.41) is 10.9. The molecule has 2 rings (SSSR count). The maximum atomic E-state index is 12.0. The summed E-state index contributed by atoms with van der Waals surface area (Å²) in [5.74, 6) is -1.54. The summed E-state index contributed by atoms with van der Waals surface area (Å²) in [7, 11) is 0. The number of aliphatic carboxylic acids is 1. The maximum absolute atomic E-state index is 12.0. The highest BCUT2D eigenvalue weighted by Crippen LogP contribution is 2.22. The van der Waals surface area contributed by atoms with E-state index in [-0.39, 0.29) is 0 Å². The van der Waals surface area contributed by atoms with Crippen LogP contribution in [0.3, 0.4) is 0 Å². The highest BCUT2D eigenvalue weighted by atomic mass is 79.9. The number of imidazole rings is 1. The number of carboxylic acid groups (broad SMARTS) is 1. The monoisotopic (exact) mass is 325 g/mol. The van der Waals surface area contributed by atoms with Gasteiger partial charge in [0, 0.05) is 6.20 Å². The Kier molecular flexibility index (Phi) is 3.57. The van der Waals surface area contributed by atoms with E-state index in [1.54, 1.807) is 17.5 Å². The second-order valence-electron chi connectivity index (χ2n) is 4.18. The van der Waals surface area contributed by atoms with Crippen LogP contribution in [0, 0.1) is 13.8 Å². The molecule has 2 aromatic heterocycles. The number of pyridine rings is 1. The molecule has 0 bridgehead atoms.